The Kier molecular flexibility index (Phi) is 1.38. The van der Waals surface area contributed by atoms with Gasteiger partial charge in [0.15, 0.2) is 0 Å². The zero-order valence-electron chi connectivity index (χ0n) is 6.23. The summed E-state index contributed by atoms with van der Waals surface area (Å²) in [5.41, 5.74) is 0.805. The van der Waals surface area contributed by atoms with E-state index >= 15 is 0 Å². The molecule has 1 aromatic carbocycles. The number of aliphatic hydroxyl groups is 1. The summed E-state index contributed by atoms with van der Waals surface area (Å²) in [6.07, 6.45) is 0.132. The largest absolute Gasteiger partial charge is 0.440 e. The van der Waals surface area contributed by atoms with E-state index in [2.05, 4.69) is 5.18 Å². The first-order valence-electron chi connectivity index (χ1n) is 3.57. The van der Waals surface area contributed by atoms with Crippen LogP contribution in [0.15, 0.2) is 29.4 Å². The highest BCUT2D eigenvalue weighted by Crippen LogP contribution is 2.33. The molecule has 0 aromatic heterocycles. The average molecular weight is 165 g/mol. The maximum Gasteiger partial charge on any atom is 0.351 e. The minimum Gasteiger partial charge on any atom is -0.440 e. The number of benzene rings is 1. The second kappa shape index (κ2) is 2.28. The fourth-order valence-corrected chi connectivity index (χ4v) is 1.26. The summed E-state index contributed by atoms with van der Waals surface area (Å²) in [6, 6.07) is 7.07. The highest BCUT2D eigenvalue weighted by molar-refractivity contribution is 5.37. The Hall–Kier alpha value is -1.42. The van der Waals surface area contributed by atoms with Gasteiger partial charge >= 0.3 is 5.91 Å². The second-order valence-corrected chi connectivity index (χ2v) is 2.72. The highest BCUT2D eigenvalue weighted by atomic mass is 16.7. The van der Waals surface area contributed by atoms with Gasteiger partial charge in [0.05, 0.1) is 6.42 Å². The molecule has 0 amide bonds. The predicted molar refractivity (Wildman–Crippen MR) is 41.5 cm³/mol. The van der Waals surface area contributed by atoms with Crippen LogP contribution in [-0.2, 0) is 6.42 Å². The Morgan fingerprint density at radius 2 is 2.25 bits per heavy atom. The summed E-state index contributed by atoms with van der Waals surface area (Å²) < 4.78 is 4.92. The van der Waals surface area contributed by atoms with Gasteiger partial charge in [-0.25, -0.2) is 0 Å². The lowest BCUT2D eigenvalue weighted by molar-refractivity contribution is -0.114. The Bertz CT molecular complexity index is 299. The highest BCUT2D eigenvalue weighted by Gasteiger charge is 2.38. The maximum absolute atomic E-state index is 10.2. The van der Waals surface area contributed by atoms with Gasteiger partial charge in [-0.3, -0.25) is 0 Å². The molecule has 0 saturated heterocycles. The minimum absolute atomic E-state index is 0.132. The third-order valence-corrected chi connectivity index (χ3v) is 1.81. The Labute approximate surface area is 68.8 Å². The first-order valence-corrected chi connectivity index (χ1v) is 3.57. The second-order valence-electron chi connectivity index (χ2n) is 2.72. The molecule has 1 aliphatic heterocycles. The van der Waals surface area contributed by atoms with Crippen molar-refractivity contribution in [2.45, 2.75) is 12.3 Å². The van der Waals surface area contributed by atoms with E-state index in [-0.39, 0.29) is 6.42 Å². The van der Waals surface area contributed by atoms with E-state index in [1.54, 1.807) is 18.2 Å². The lowest BCUT2D eigenvalue weighted by atomic mass is 10.1. The van der Waals surface area contributed by atoms with Crippen LogP contribution >= 0.6 is 0 Å². The van der Waals surface area contributed by atoms with Crippen molar-refractivity contribution in [1.82, 2.24) is 0 Å². The summed E-state index contributed by atoms with van der Waals surface area (Å²) in [4.78, 5) is 10.2. The molecule has 0 saturated carbocycles. The molecule has 1 aliphatic rings. The van der Waals surface area contributed by atoms with Crippen LogP contribution < -0.4 is 4.74 Å². The summed E-state index contributed by atoms with van der Waals surface area (Å²) in [5, 5.41) is 11.8. The van der Waals surface area contributed by atoms with E-state index in [1.165, 1.54) is 0 Å². The first kappa shape index (κ1) is 7.24. The predicted octanol–water partition coefficient (Wildman–Crippen LogP) is 1.03. The molecule has 0 spiro atoms. The third kappa shape index (κ3) is 0.967. The standard InChI is InChI=1S/C8H7NO3/c10-8(9-11)5-6-3-1-2-4-7(6)12-8/h1-4,10H,5H2. The number of ether oxygens (including phenoxy) is 1. The molecule has 1 heterocycles. The normalized spacial score (nSPS) is 26.1. The molecule has 2 rings (SSSR count). The van der Waals surface area contributed by atoms with Crippen molar-refractivity contribution in [3.63, 3.8) is 0 Å². The monoisotopic (exact) mass is 165 g/mol. The average Bonchev–Trinajstić information content (AvgIpc) is 2.42. The van der Waals surface area contributed by atoms with Crippen molar-refractivity contribution in [3.05, 3.63) is 34.7 Å². The van der Waals surface area contributed by atoms with E-state index in [1.807, 2.05) is 6.07 Å². The molecule has 1 N–H and O–H groups in total. The summed E-state index contributed by atoms with van der Waals surface area (Å²) in [6.45, 7) is 0. The molecular weight excluding hydrogens is 158 g/mol. The van der Waals surface area contributed by atoms with E-state index in [4.69, 9.17) is 4.74 Å². The Morgan fingerprint density at radius 3 is 2.92 bits per heavy atom. The van der Waals surface area contributed by atoms with Crippen LogP contribution in [0.5, 0.6) is 5.75 Å². The van der Waals surface area contributed by atoms with Gasteiger partial charge in [0.2, 0.25) is 0 Å². The van der Waals surface area contributed by atoms with E-state index in [9.17, 15) is 10.0 Å². The van der Waals surface area contributed by atoms with Gasteiger partial charge in [-0.15, -0.1) is 4.91 Å². The number of hydrogen-bond acceptors (Lipinski definition) is 4. The van der Waals surface area contributed by atoms with Crippen molar-refractivity contribution in [2.24, 2.45) is 5.18 Å². The van der Waals surface area contributed by atoms with E-state index in [0.29, 0.717) is 5.75 Å². The van der Waals surface area contributed by atoms with Gasteiger partial charge in [0.25, 0.3) is 0 Å². The number of hydrogen-bond donors (Lipinski definition) is 1. The van der Waals surface area contributed by atoms with Crippen LogP contribution in [0.4, 0.5) is 0 Å². The molecule has 0 bridgehead atoms. The molecule has 62 valence electrons. The Balaban J connectivity index is 2.39. The van der Waals surface area contributed by atoms with Crippen LogP contribution in [0.3, 0.4) is 0 Å². The molecule has 1 atom stereocenters. The zero-order valence-corrected chi connectivity index (χ0v) is 6.23. The minimum atomic E-state index is -1.89. The Morgan fingerprint density at radius 1 is 1.50 bits per heavy atom. The van der Waals surface area contributed by atoms with Crippen molar-refractivity contribution in [3.8, 4) is 5.75 Å². The number of para-hydroxylation sites is 1. The van der Waals surface area contributed by atoms with Gasteiger partial charge in [-0.2, -0.15) is 0 Å². The number of nitrogens with zero attached hydrogens (tertiary/aromatic N) is 1. The molecule has 4 nitrogen and oxygen atoms in total. The smallest absolute Gasteiger partial charge is 0.351 e. The third-order valence-electron chi connectivity index (χ3n) is 1.81. The van der Waals surface area contributed by atoms with Crippen molar-refractivity contribution in [1.29, 1.82) is 0 Å². The number of nitroso groups, excluding NO2 is 1. The lowest BCUT2D eigenvalue weighted by Crippen LogP contribution is -2.30. The fraction of sp³-hybridized carbons (Fsp3) is 0.250. The van der Waals surface area contributed by atoms with Crippen molar-refractivity contribution >= 4 is 0 Å². The van der Waals surface area contributed by atoms with Gasteiger partial charge in [-0.05, 0) is 6.07 Å². The van der Waals surface area contributed by atoms with Crippen LogP contribution in [0.25, 0.3) is 0 Å². The van der Waals surface area contributed by atoms with Crippen LogP contribution in [0.2, 0.25) is 0 Å². The van der Waals surface area contributed by atoms with E-state index in [0.717, 1.165) is 5.56 Å². The molecular formula is C8H7NO3. The van der Waals surface area contributed by atoms with Gasteiger partial charge in [0.1, 0.15) is 5.75 Å². The fourth-order valence-electron chi connectivity index (χ4n) is 1.26. The molecule has 1 aromatic rings. The summed E-state index contributed by atoms with van der Waals surface area (Å²) in [7, 11) is 0. The first-order chi connectivity index (χ1) is 5.73. The van der Waals surface area contributed by atoms with E-state index < -0.39 is 5.91 Å². The van der Waals surface area contributed by atoms with Crippen LogP contribution in [0, 0.1) is 4.91 Å². The van der Waals surface area contributed by atoms with Crippen LogP contribution in [0.1, 0.15) is 5.56 Å². The van der Waals surface area contributed by atoms with Gasteiger partial charge in [0, 0.05) is 10.7 Å². The van der Waals surface area contributed by atoms with Crippen molar-refractivity contribution in [2.75, 3.05) is 0 Å². The molecule has 0 aliphatic carbocycles. The summed E-state index contributed by atoms with van der Waals surface area (Å²) in [5.74, 6) is -1.36. The SMILES string of the molecule is O=NC1(O)Cc2ccccc2O1. The molecule has 0 radical (unpaired) electrons. The van der Waals surface area contributed by atoms with Crippen LogP contribution in [-0.4, -0.2) is 11.0 Å². The molecule has 0 fully saturated rings. The topological polar surface area (TPSA) is 58.9 Å². The van der Waals surface area contributed by atoms with Crippen molar-refractivity contribution < 1.29 is 9.84 Å². The van der Waals surface area contributed by atoms with Gasteiger partial charge in [-0.1, -0.05) is 18.2 Å². The lowest BCUT2D eigenvalue weighted by Gasteiger charge is -2.10. The van der Waals surface area contributed by atoms with Gasteiger partial charge < -0.3 is 9.84 Å². The molecule has 1 unspecified atom stereocenters. The number of fused-ring (bicyclic) bond motifs is 1. The summed E-state index contributed by atoms with van der Waals surface area (Å²) >= 11 is 0. The maximum atomic E-state index is 10.2. The zero-order chi connectivity index (χ0) is 8.60. The number of rotatable bonds is 1. The quantitative estimate of drug-likeness (QED) is 0.632. The molecule has 4 heteroatoms. The molecule has 12 heavy (non-hydrogen) atoms.